The van der Waals surface area contributed by atoms with E-state index in [2.05, 4.69) is 0 Å². The van der Waals surface area contributed by atoms with E-state index >= 15 is 0 Å². The normalized spacial score (nSPS) is 10.3. The van der Waals surface area contributed by atoms with E-state index in [1.54, 1.807) is 24.3 Å². The van der Waals surface area contributed by atoms with Crippen LogP contribution in [0, 0.1) is 5.82 Å². The van der Waals surface area contributed by atoms with E-state index < -0.39 is 0 Å². The lowest BCUT2D eigenvalue weighted by Gasteiger charge is -2.10. The molecule has 0 aliphatic heterocycles. The van der Waals surface area contributed by atoms with Crippen LogP contribution in [0.15, 0.2) is 36.4 Å². The lowest BCUT2D eigenvalue weighted by molar-refractivity contribution is 0.417. The Morgan fingerprint density at radius 2 is 2.00 bits per heavy atom. The van der Waals surface area contributed by atoms with Gasteiger partial charge in [-0.25, -0.2) is 4.39 Å². The van der Waals surface area contributed by atoms with E-state index in [0.29, 0.717) is 27.6 Å². The molecule has 0 atom stereocenters. The minimum absolute atomic E-state index is 0.312. The van der Waals surface area contributed by atoms with Crippen molar-refractivity contribution in [3.8, 4) is 16.9 Å². The number of nitrogens with two attached hydrogens (primary N) is 1. The first-order valence-electron chi connectivity index (χ1n) is 5.01. The molecular formula is C13H11ClFNO. The number of hydrogen-bond acceptors (Lipinski definition) is 2. The Morgan fingerprint density at radius 3 is 2.65 bits per heavy atom. The summed E-state index contributed by atoms with van der Waals surface area (Å²) in [5.74, 6) is 0.197. The fourth-order valence-corrected chi connectivity index (χ4v) is 1.90. The smallest absolute Gasteiger partial charge is 0.143 e. The van der Waals surface area contributed by atoms with Gasteiger partial charge < -0.3 is 10.5 Å². The minimum atomic E-state index is -0.312. The zero-order valence-electron chi connectivity index (χ0n) is 9.21. The summed E-state index contributed by atoms with van der Waals surface area (Å²) in [4.78, 5) is 0. The van der Waals surface area contributed by atoms with Gasteiger partial charge in [-0.05, 0) is 29.8 Å². The summed E-state index contributed by atoms with van der Waals surface area (Å²) in [5, 5.41) is 0.370. The first-order valence-corrected chi connectivity index (χ1v) is 5.39. The predicted octanol–water partition coefficient (Wildman–Crippen LogP) is 3.74. The van der Waals surface area contributed by atoms with Crippen LogP contribution in [-0.4, -0.2) is 7.11 Å². The summed E-state index contributed by atoms with van der Waals surface area (Å²) < 4.78 is 18.2. The first-order chi connectivity index (χ1) is 8.13. The summed E-state index contributed by atoms with van der Waals surface area (Å²) in [6, 6.07) is 9.66. The molecule has 0 amide bonds. The second-order valence-corrected chi connectivity index (χ2v) is 3.93. The van der Waals surface area contributed by atoms with Gasteiger partial charge in [-0.1, -0.05) is 23.7 Å². The molecule has 0 saturated heterocycles. The van der Waals surface area contributed by atoms with Crippen LogP contribution in [0.1, 0.15) is 0 Å². The van der Waals surface area contributed by atoms with Crippen LogP contribution in [0.2, 0.25) is 5.02 Å². The highest BCUT2D eigenvalue weighted by molar-refractivity contribution is 6.36. The van der Waals surface area contributed by atoms with E-state index in [1.807, 2.05) is 0 Å². The average molecular weight is 252 g/mol. The van der Waals surface area contributed by atoms with Crippen molar-refractivity contribution >= 4 is 17.3 Å². The maximum atomic E-state index is 13.1. The predicted molar refractivity (Wildman–Crippen MR) is 67.8 cm³/mol. The van der Waals surface area contributed by atoms with Crippen LogP contribution < -0.4 is 10.5 Å². The highest BCUT2D eigenvalue weighted by Crippen LogP contribution is 2.37. The number of anilines is 1. The van der Waals surface area contributed by atoms with Crippen molar-refractivity contribution in [2.24, 2.45) is 0 Å². The molecule has 2 nitrogen and oxygen atoms in total. The van der Waals surface area contributed by atoms with Crippen LogP contribution in [-0.2, 0) is 0 Å². The van der Waals surface area contributed by atoms with E-state index in [9.17, 15) is 4.39 Å². The van der Waals surface area contributed by atoms with E-state index in [0.717, 1.165) is 0 Å². The summed E-state index contributed by atoms with van der Waals surface area (Å²) in [6.07, 6.45) is 0. The molecule has 2 rings (SSSR count). The highest BCUT2D eigenvalue weighted by atomic mass is 35.5. The Kier molecular flexibility index (Phi) is 3.20. The van der Waals surface area contributed by atoms with Gasteiger partial charge in [0.25, 0.3) is 0 Å². The van der Waals surface area contributed by atoms with E-state index in [1.165, 1.54) is 19.2 Å². The SMILES string of the molecule is COc1ccc(-c2cccc(F)c2)c(Cl)c1N. The minimum Gasteiger partial charge on any atom is -0.495 e. The molecule has 0 radical (unpaired) electrons. The van der Waals surface area contributed by atoms with Gasteiger partial charge in [-0.15, -0.1) is 0 Å². The Labute approximate surface area is 104 Å². The van der Waals surface area contributed by atoms with Crippen LogP contribution in [0.25, 0.3) is 11.1 Å². The van der Waals surface area contributed by atoms with Crippen LogP contribution in [0.4, 0.5) is 10.1 Å². The topological polar surface area (TPSA) is 35.2 Å². The maximum Gasteiger partial charge on any atom is 0.143 e. The molecule has 4 heteroatoms. The molecular weight excluding hydrogens is 241 g/mol. The molecule has 0 fully saturated rings. The van der Waals surface area contributed by atoms with Crippen molar-refractivity contribution in [2.45, 2.75) is 0 Å². The maximum absolute atomic E-state index is 13.1. The van der Waals surface area contributed by atoms with Crippen LogP contribution in [0.3, 0.4) is 0 Å². The van der Waals surface area contributed by atoms with Crippen LogP contribution in [0.5, 0.6) is 5.75 Å². The Bertz CT molecular complexity index is 557. The Balaban J connectivity index is 2.57. The third-order valence-electron chi connectivity index (χ3n) is 2.50. The molecule has 0 aliphatic rings. The van der Waals surface area contributed by atoms with Gasteiger partial charge in [0.05, 0.1) is 17.8 Å². The lowest BCUT2D eigenvalue weighted by atomic mass is 10.0. The molecule has 0 unspecified atom stereocenters. The Morgan fingerprint density at radius 1 is 1.24 bits per heavy atom. The van der Waals surface area contributed by atoms with Crippen LogP contribution >= 0.6 is 11.6 Å². The summed E-state index contributed by atoms with van der Waals surface area (Å²) in [7, 11) is 1.52. The number of halogens is 2. The monoisotopic (exact) mass is 251 g/mol. The van der Waals surface area contributed by atoms with Gasteiger partial charge in [-0.3, -0.25) is 0 Å². The standard InChI is InChI=1S/C13H11ClFNO/c1-17-11-6-5-10(12(14)13(11)16)8-3-2-4-9(15)7-8/h2-7H,16H2,1H3. The summed E-state index contributed by atoms with van der Waals surface area (Å²) >= 11 is 6.14. The van der Waals surface area contributed by atoms with Crippen molar-refractivity contribution in [2.75, 3.05) is 12.8 Å². The van der Waals surface area contributed by atoms with Crippen molar-refractivity contribution in [3.63, 3.8) is 0 Å². The molecule has 0 saturated carbocycles. The number of hydrogen-bond donors (Lipinski definition) is 1. The fourth-order valence-electron chi connectivity index (χ4n) is 1.63. The van der Waals surface area contributed by atoms with Crippen molar-refractivity contribution in [3.05, 3.63) is 47.2 Å². The largest absolute Gasteiger partial charge is 0.495 e. The van der Waals surface area contributed by atoms with E-state index in [-0.39, 0.29) is 5.82 Å². The van der Waals surface area contributed by atoms with Gasteiger partial charge in [0.15, 0.2) is 0 Å². The lowest BCUT2D eigenvalue weighted by Crippen LogP contribution is -1.94. The second-order valence-electron chi connectivity index (χ2n) is 3.55. The molecule has 88 valence electrons. The second kappa shape index (κ2) is 4.63. The van der Waals surface area contributed by atoms with Crippen molar-refractivity contribution in [1.29, 1.82) is 0 Å². The van der Waals surface area contributed by atoms with Gasteiger partial charge in [0, 0.05) is 5.56 Å². The van der Waals surface area contributed by atoms with Crippen molar-refractivity contribution < 1.29 is 9.13 Å². The Hall–Kier alpha value is -1.74. The molecule has 0 aromatic heterocycles. The number of nitrogen functional groups attached to an aromatic ring is 1. The summed E-state index contributed by atoms with van der Waals surface area (Å²) in [5.41, 5.74) is 7.55. The number of rotatable bonds is 2. The zero-order valence-corrected chi connectivity index (χ0v) is 9.96. The summed E-state index contributed by atoms with van der Waals surface area (Å²) in [6.45, 7) is 0. The zero-order chi connectivity index (χ0) is 12.4. The molecule has 0 bridgehead atoms. The number of ether oxygens (including phenoxy) is 1. The third-order valence-corrected chi connectivity index (χ3v) is 2.90. The third kappa shape index (κ3) is 2.19. The van der Waals surface area contributed by atoms with Gasteiger partial charge in [0.2, 0.25) is 0 Å². The van der Waals surface area contributed by atoms with Crippen molar-refractivity contribution in [1.82, 2.24) is 0 Å². The van der Waals surface area contributed by atoms with Gasteiger partial charge >= 0.3 is 0 Å². The quantitative estimate of drug-likeness (QED) is 0.826. The highest BCUT2D eigenvalue weighted by Gasteiger charge is 2.11. The number of benzene rings is 2. The molecule has 0 aliphatic carbocycles. The fraction of sp³-hybridized carbons (Fsp3) is 0.0769. The molecule has 2 aromatic rings. The number of methoxy groups -OCH3 is 1. The van der Waals surface area contributed by atoms with Gasteiger partial charge in [0.1, 0.15) is 11.6 Å². The molecule has 0 spiro atoms. The molecule has 0 heterocycles. The average Bonchev–Trinajstić information content (AvgIpc) is 2.32. The molecule has 17 heavy (non-hydrogen) atoms. The molecule has 2 N–H and O–H groups in total. The van der Waals surface area contributed by atoms with E-state index in [4.69, 9.17) is 22.1 Å². The first kappa shape index (κ1) is 11.7. The van der Waals surface area contributed by atoms with Gasteiger partial charge in [-0.2, -0.15) is 0 Å². The molecule has 2 aromatic carbocycles.